The Kier molecular flexibility index (Phi) is 7.11. The number of nitrogens with one attached hydrogen (secondary N) is 1. The number of anilines is 2. The molecule has 0 bridgehead atoms. The summed E-state index contributed by atoms with van der Waals surface area (Å²) in [6, 6.07) is 14.6. The lowest BCUT2D eigenvalue weighted by molar-refractivity contribution is -0.198. The van der Waals surface area contributed by atoms with Crippen molar-refractivity contribution in [1.29, 1.82) is 0 Å². The van der Waals surface area contributed by atoms with E-state index >= 15 is 0 Å². The molecule has 2 aliphatic heterocycles. The first kappa shape index (κ1) is 26.7. The highest BCUT2D eigenvalue weighted by Crippen LogP contribution is 2.41. The van der Waals surface area contributed by atoms with E-state index in [9.17, 15) is 23.1 Å². The first-order valence-electron chi connectivity index (χ1n) is 12.8. The zero-order valence-corrected chi connectivity index (χ0v) is 21.4. The number of aliphatic carboxylic acids is 1. The van der Waals surface area contributed by atoms with Gasteiger partial charge in [-0.25, -0.2) is 0 Å². The molecule has 1 aromatic heterocycles. The van der Waals surface area contributed by atoms with Gasteiger partial charge < -0.3 is 25.8 Å². The van der Waals surface area contributed by atoms with Gasteiger partial charge in [-0.2, -0.15) is 23.1 Å². The molecule has 4 N–H and O–H groups in total. The molecular weight excluding hydrogens is 511 g/mol. The summed E-state index contributed by atoms with van der Waals surface area (Å²) in [4.78, 5) is 21.4. The molecule has 2 fully saturated rings. The van der Waals surface area contributed by atoms with Gasteiger partial charge in [-0.15, -0.1) is 0 Å². The van der Waals surface area contributed by atoms with Crippen molar-refractivity contribution in [3.8, 4) is 17.0 Å². The van der Waals surface area contributed by atoms with E-state index in [1.165, 1.54) is 18.2 Å². The van der Waals surface area contributed by atoms with E-state index in [0.29, 0.717) is 31.9 Å². The summed E-state index contributed by atoms with van der Waals surface area (Å²) in [6.45, 7) is 3.71. The van der Waals surface area contributed by atoms with Crippen LogP contribution in [-0.2, 0) is 4.79 Å². The van der Waals surface area contributed by atoms with Gasteiger partial charge in [0.15, 0.2) is 0 Å². The van der Waals surface area contributed by atoms with Crippen molar-refractivity contribution in [2.24, 2.45) is 5.41 Å². The highest BCUT2D eigenvalue weighted by atomic mass is 19.4. The number of halogens is 3. The Morgan fingerprint density at radius 2 is 1.72 bits per heavy atom. The number of carboxylic acids is 1. The number of carbonyl (C=O) groups is 1. The lowest BCUT2D eigenvalue weighted by Gasteiger charge is -2.39. The molecule has 0 aliphatic carbocycles. The van der Waals surface area contributed by atoms with Gasteiger partial charge in [0.1, 0.15) is 11.9 Å². The first-order valence-corrected chi connectivity index (χ1v) is 12.8. The summed E-state index contributed by atoms with van der Waals surface area (Å²) in [7, 11) is 0. The van der Waals surface area contributed by atoms with E-state index in [-0.39, 0.29) is 22.8 Å². The van der Waals surface area contributed by atoms with Crippen molar-refractivity contribution in [2.45, 2.75) is 44.5 Å². The van der Waals surface area contributed by atoms with Crippen molar-refractivity contribution < 1.29 is 27.8 Å². The Labute approximate surface area is 224 Å². The van der Waals surface area contributed by atoms with Crippen LogP contribution in [0.2, 0.25) is 0 Å². The van der Waals surface area contributed by atoms with Crippen LogP contribution < -0.4 is 20.7 Å². The predicted octanol–water partition coefficient (Wildman–Crippen LogP) is 4.75. The summed E-state index contributed by atoms with van der Waals surface area (Å²) in [5, 5.41) is 12.4. The number of nitrogen functional groups attached to an aromatic ring is 1. The lowest BCUT2D eigenvalue weighted by Crippen LogP contribution is -2.41. The lowest BCUT2D eigenvalue weighted by atomic mass is 9.76. The molecule has 8 nitrogen and oxygen atoms in total. The molecule has 5 rings (SSSR count). The van der Waals surface area contributed by atoms with Crippen LogP contribution in [0.3, 0.4) is 0 Å². The number of piperidine rings is 1. The van der Waals surface area contributed by atoms with Crippen LogP contribution in [0.5, 0.6) is 5.88 Å². The molecule has 1 spiro atoms. The van der Waals surface area contributed by atoms with Crippen LogP contribution >= 0.6 is 0 Å². The third kappa shape index (κ3) is 5.93. The minimum Gasteiger partial charge on any atom is -0.480 e. The third-order valence-electron chi connectivity index (χ3n) is 7.65. The summed E-state index contributed by atoms with van der Waals surface area (Å²) in [5.41, 5.74) is 8.48. The van der Waals surface area contributed by atoms with Gasteiger partial charge in [-0.1, -0.05) is 54.1 Å². The van der Waals surface area contributed by atoms with E-state index in [1.807, 2.05) is 36.1 Å². The maximum absolute atomic E-state index is 14.1. The van der Waals surface area contributed by atoms with Gasteiger partial charge in [0.05, 0.1) is 0 Å². The SMILES string of the molecule is Cc1ccc(-c2ccc(C(Oc3cc(N4CCC5(CC4)CN[C@H](C(=O)O)C5)nc(N)n3)C(F)(F)F)cc2)cc1. The monoisotopic (exact) mass is 541 g/mol. The minimum absolute atomic E-state index is 0.0567. The van der Waals surface area contributed by atoms with E-state index in [4.69, 9.17) is 10.5 Å². The van der Waals surface area contributed by atoms with Crippen LogP contribution in [0.1, 0.15) is 36.5 Å². The average molecular weight is 542 g/mol. The number of rotatable bonds is 6. The molecule has 2 aromatic carbocycles. The van der Waals surface area contributed by atoms with Crippen LogP contribution in [-0.4, -0.2) is 52.9 Å². The number of nitrogens with two attached hydrogens (primary N) is 1. The molecule has 11 heteroatoms. The maximum atomic E-state index is 14.1. The second kappa shape index (κ2) is 10.4. The van der Waals surface area contributed by atoms with Gasteiger partial charge in [0.25, 0.3) is 0 Å². The summed E-state index contributed by atoms with van der Waals surface area (Å²) in [6.07, 6.45) is -4.94. The Balaban J connectivity index is 1.32. The molecule has 0 radical (unpaired) electrons. The number of benzene rings is 2. The standard InChI is InChI=1S/C28H30F3N5O3/c1-17-2-4-18(5-3-17)19-6-8-20(9-7-19)24(28(29,30)31)39-23-14-22(34-26(32)35-23)36-12-10-27(11-13-36)15-21(25(37)38)33-16-27/h2-9,14,21,24,33H,10-13,15-16H2,1H3,(H,37,38)(H2,32,34,35)/t21-,24?/m0/s1. The van der Waals surface area contributed by atoms with E-state index in [1.54, 1.807) is 12.1 Å². The van der Waals surface area contributed by atoms with E-state index in [2.05, 4.69) is 15.3 Å². The summed E-state index contributed by atoms with van der Waals surface area (Å²) in [5.74, 6) is -0.935. The number of nitrogens with zero attached hydrogens (tertiary/aromatic N) is 3. The molecule has 3 heterocycles. The summed E-state index contributed by atoms with van der Waals surface area (Å²) >= 11 is 0. The fourth-order valence-corrected chi connectivity index (χ4v) is 5.38. The highest BCUT2D eigenvalue weighted by Gasteiger charge is 2.45. The number of hydrogen-bond acceptors (Lipinski definition) is 7. The number of aryl methyl sites for hydroxylation is 1. The Hall–Kier alpha value is -3.86. The largest absolute Gasteiger partial charge is 0.480 e. The molecule has 206 valence electrons. The second-order valence-corrected chi connectivity index (χ2v) is 10.4. The summed E-state index contributed by atoms with van der Waals surface area (Å²) < 4.78 is 47.8. The zero-order chi connectivity index (χ0) is 27.8. The number of aromatic nitrogens is 2. The number of carboxylic acid groups (broad SMARTS) is 1. The zero-order valence-electron chi connectivity index (χ0n) is 21.4. The molecular formula is C28H30F3N5O3. The molecule has 2 saturated heterocycles. The quantitative estimate of drug-likeness (QED) is 0.410. The Morgan fingerprint density at radius 3 is 2.28 bits per heavy atom. The number of hydrogen-bond donors (Lipinski definition) is 3. The van der Waals surface area contributed by atoms with Crippen molar-refractivity contribution in [2.75, 3.05) is 30.3 Å². The smallest absolute Gasteiger partial charge is 0.429 e. The van der Waals surface area contributed by atoms with Gasteiger partial charge in [0, 0.05) is 31.3 Å². The molecule has 0 amide bonds. The van der Waals surface area contributed by atoms with E-state index < -0.39 is 24.3 Å². The molecule has 1 unspecified atom stereocenters. The van der Waals surface area contributed by atoms with Crippen molar-refractivity contribution >= 4 is 17.7 Å². The molecule has 39 heavy (non-hydrogen) atoms. The van der Waals surface area contributed by atoms with E-state index in [0.717, 1.165) is 29.5 Å². The highest BCUT2D eigenvalue weighted by molar-refractivity contribution is 5.74. The molecule has 2 aliphatic rings. The van der Waals surface area contributed by atoms with Crippen LogP contribution in [0, 0.1) is 12.3 Å². The first-order chi connectivity index (χ1) is 18.5. The van der Waals surface area contributed by atoms with Gasteiger partial charge in [-0.05, 0) is 42.7 Å². The topological polar surface area (TPSA) is 114 Å². The molecule has 2 atom stereocenters. The van der Waals surface area contributed by atoms with Crippen LogP contribution in [0.25, 0.3) is 11.1 Å². The average Bonchev–Trinajstić information content (AvgIpc) is 3.31. The van der Waals surface area contributed by atoms with Gasteiger partial charge in [0.2, 0.25) is 17.9 Å². The maximum Gasteiger partial charge on any atom is 0.429 e. The van der Waals surface area contributed by atoms with Gasteiger partial charge in [-0.3, -0.25) is 4.79 Å². The predicted molar refractivity (Wildman–Crippen MR) is 140 cm³/mol. The minimum atomic E-state index is -4.70. The van der Waals surface area contributed by atoms with Crippen molar-refractivity contribution in [1.82, 2.24) is 15.3 Å². The Bertz CT molecular complexity index is 1320. The third-order valence-corrected chi connectivity index (χ3v) is 7.65. The van der Waals surface area contributed by atoms with Crippen molar-refractivity contribution in [3.05, 3.63) is 65.7 Å². The fourth-order valence-electron chi connectivity index (χ4n) is 5.38. The molecule has 3 aromatic rings. The normalized spacial score (nSPS) is 19.7. The van der Waals surface area contributed by atoms with Crippen LogP contribution in [0.15, 0.2) is 54.6 Å². The fraction of sp³-hybridized carbons (Fsp3) is 0.393. The molecule has 0 saturated carbocycles. The van der Waals surface area contributed by atoms with Gasteiger partial charge >= 0.3 is 12.1 Å². The second-order valence-electron chi connectivity index (χ2n) is 10.4. The van der Waals surface area contributed by atoms with Crippen LogP contribution in [0.4, 0.5) is 24.9 Å². The number of alkyl halides is 3. The van der Waals surface area contributed by atoms with Crippen molar-refractivity contribution in [3.63, 3.8) is 0 Å². The Morgan fingerprint density at radius 1 is 1.10 bits per heavy atom. The number of ether oxygens (including phenoxy) is 1.